The summed E-state index contributed by atoms with van der Waals surface area (Å²) in [5.41, 5.74) is 0.256. The SMILES string of the molecule is CCN(C(=O)C1(C(=O)Nc2cc(OC)ccc2OC)CC1)c1ccccc1. The summed E-state index contributed by atoms with van der Waals surface area (Å²) < 4.78 is 10.5. The Labute approximate surface area is 159 Å². The number of methoxy groups -OCH3 is 2. The molecule has 6 nitrogen and oxygen atoms in total. The van der Waals surface area contributed by atoms with Gasteiger partial charge in [0.05, 0.1) is 19.9 Å². The average Bonchev–Trinajstić information content (AvgIpc) is 3.51. The van der Waals surface area contributed by atoms with Crippen molar-refractivity contribution in [3.8, 4) is 11.5 Å². The lowest BCUT2D eigenvalue weighted by Gasteiger charge is -2.26. The number of rotatable bonds is 7. The normalized spacial score (nSPS) is 14.2. The highest BCUT2D eigenvalue weighted by Crippen LogP contribution is 2.49. The standard InChI is InChI=1S/C21H24N2O4/c1-4-23(15-8-6-5-7-9-15)20(25)21(12-13-21)19(24)22-17-14-16(26-2)10-11-18(17)27-3/h5-11,14H,4,12-13H2,1-3H3,(H,22,24). The van der Waals surface area contributed by atoms with E-state index in [0.29, 0.717) is 36.6 Å². The first-order chi connectivity index (χ1) is 13.1. The van der Waals surface area contributed by atoms with Crippen molar-refractivity contribution in [2.24, 2.45) is 5.41 Å². The van der Waals surface area contributed by atoms with Gasteiger partial charge in [0.1, 0.15) is 16.9 Å². The van der Waals surface area contributed by atoms with Crippen LogP contribution in [0.3, 0.4) is 0 Å². The van der Waals surface area contributed by atoms with Crippen LogP contribution in [0, 0.1) is 5.41 Å². The molecule has 27 heavy (non-hydrogen) atoms. The van der Waals surface area contributed by atoms with Gasteiger partial charge in [0.15, 0.2) is 0 Å². The van der Waals surface area contributed by atoms with E-state index in [0.717, 1.165) is 5.69 Å². The molecule has 2 aromatic rings. The number of ether oxygens (including phenoxy) is 2. The maximum absolute atomic E-state index is 13.2. The Kier molecular flexibility index (Phi) is 5.35. The van der Waals surface area contributed by atoms with E-state index >= 15 is 0 Å². The zero-order valence-electron chi connectivity index (χ0n) is 15.8. The molecule has 1 aliphatic carbocycles. The molecule has 6 heteroatoms. The fourth-order valence-electron chi connectivity index (χ4n) is 3.13. The zero-order valence-corrected chi connectivity index (χ0v) is 15.8. The summed E-state index contributed by atoms with van der Waals surface area (Å²) in [5.74, 6) is 0.633. The van der Waals surface area contributed by atoms with Crippen molar-refractivity contribution < 1.29 is 19.1 Å². The van der Waals surface area contributed by atoms with Crippen LogP contribution in [0.15, 0.2) is 48.5 Å². The third-order valence-electron chi connectivity index (χ3n) is 4.88. The minimum atomic E-state index is -1.03. The van der Waals surface area contributed by atoms with Crippen molar-refractivity contribution in [2.75, 3.05) is 31.0 Å². The summed E-state index contributed by atoms with van der Waals surface area (Å²) >= 11 is 0. The molecule has 1 aliphatic rings. The molecule has 0 bridgehead atoms. The number of amides is 2. The first kappa shape index (κ1) is 18.8. The molecule has 1 fully saturated rings. The van der Waals surface area contributed by atoms with E-state index in [1.165, 1.54) is 7.11 Å². The smallest absolute Gasteiger partial charge is 0.242 e. The lowest BCUT2D eigenvalue weighted by molar-refractivity contribution is -0.132. The number of nitrogens with one attached hydrogen (secondary N) is 1. The summed E-state index contributed by atoms with van der Waals surface area (Å²) in [5, 5.41) is 2.86. The van der Waals surface area contributed by atoms with Crippen molar-refractivity contribution in [2.45, 2.75) is 19.8 Å². The van der Waals surface area contributed by atoms with E-state index in [2.05, 4.69) is 5.32 Å². The minimum Gasteiger partial charge on any atom is -0.497 e. The van der Waals surface area contributed by atoms with Crippen LogP contribution in [-0.4, -0.2) is 32.6 Å². The molecule has 0 aromatic heterocycles. The van der Waals surface area contributed by atoms with Crippen molar-refractivity contribution in [3.05, 3.63) is 48.5 Å². The molecule has 3 rings (SSSR count). The Hall–Kier alpha value is -3.02. The number of hydrogen-bond acceptors (Lipinski definition) is 4. The highest BCUT2D eigenvalue weighted by molar-refractivity contribution is 6.18. The van der Waals surface area contributed by atoms with Crippen molar-refractivity contribution in [1.29, 1.82) is 0 Å². The molecule has 0 atom stereocenters. The Bertz CT molecular complexity index is 831. The first-order valence-corrected chi connectivity index (χ1v) is 8.96. The number of nitrogens with zero attached hydrogens (tertiary/aromatic N) is 1. The molecule has 0 radical (unpaired) electrons. The van der Waals surface area contributed by atoms with E-state index in [4.69, 9.17) is 9.47 Å². The van der Waals surface area contributed by atoms with Gasteiger partial charge in [0, 0.05) is 18.3 Å². The highest BCUT2D eigenvalue weighted by atomic mass is 16.5. The summed E-state index contributed by atoms with van der Waals surface area (Å²) in [4.78, 5) is 27.8. The first-order valence-electron chi connectivity index (χ1n) is 8.96. The van der Waals surface area contributed by atoms with Gasteiger partial charge in [-0.1, -0.05) is 18.2 Å². The summed E-state index contributed by atoms with van der Waals surface area (Å²) in [6.45, 7) is 2.41. The van der Waals surface area contributed by atoms with Gasteiger partial charge in [-0.05, 0) is 44.0 Å². The number of carbonyl (C=O) groups is 2. The lowest BCUT2D eigenvalue weighted by Crippen LogP contribution is -2.43. The van der Waals surface area contributed by atoms with Gasteiger partial charge in [-0.3, -0.25) is 9.59 Å². The lowest BCUT2D eigenvalue weighted by atomic mass is 10.0. The number of hydrogen-bond donors (Lipinski definition) is 1. The summed E-state index contributed by atoms with van der Waals surface area (Å²) in [6.07, 6.45) is 1.07. The summed E-state index contributed by atoms with van der Waals surface area (Å²) in [7, 11) is 3.09. The second kappa shape index (κ2) is 7.70. The molecule has 0 heterocycles. The van der Waals surface area contributed by atoms with Crippen molar-refractivity contribution in [1.82, 2.24) is 0 Å². The highest BCUT2D eigenvalue weighted by Gasteiger charge is 2.58. The maximum atomic E-state index is 13.2. The predicted molar refractivity (Wildman–Crippen MR) is 104 cm³/mol. The average molecular weight is 368 g/mol. The minimum absolute atomic E-state index is 0.171. The number of para-hydroxylation sites is 1. The van der Waals surface area contributed by atoms with Crippen LogP contribution in [0.1, 0.15) is 19.8 Å². The van der Waals surface area contributed by atoms with Gasteiger partial charge >= 0.3 is 0 Å². The quantitative estimate of drug-likeness (QED) is 0.760. The molecule has 0 saturated heterocycles. The molecular weight excluding hydrogens is 344 g/mol. The van der Waals surface area contributed by atoms with E-state index in [9.17, 15) is 9.59 Å². The molecule has 1 saturated carbocycles. The van der Waals surface area contributed by atoms with Gasteiger partial charge in [0.2, 0.25) is 11.8 Å². The number of carbonyl (C=O) groups excluding carboxylic acids is 2. The van der Waals surface area contributed by atoms with E-state index in [-0.39, 0.29) is 11.8 Å². The van der Waals surface area contributed by atoms with E-state index in [1.807, 2.05) is 37.3 Å². The van der Waals surface area contributed by atoms with E-state index in [1.54, 1.807) is 30.2 Å². The largest absolute Gasteiger partial charge is 0.497 e. The fourth-order valence-corrected chi connectivity index (χ4v) is 3.13. The number of benzene rings is 2. The van der Waals surface area contributed by atoms with Gasteiger partial charge in [-0.2, -0.15) is 0 Å². The molecule has 142 valence electrons. The third-order valence-corrected chi connectivity index (χ3v) is 4.88. The van der Waals surface area contributed by atoms with Crippen LogP contribution in [0.5, 0.6) is 11.5 Å². The predicted octanol–water partition coefficient (Wildman–Crippen LogP) is 3.48. The van der Waals surface area contributed by atoms with Crippen molar-refractivity contribution in [3.63, 3.8) is 0 Å². The van der Waals surface area contributed by atoms with Crippen LogP contribution >= 0.6 is 0 Å². The fraction of sp³-hybridized carbons (Fsp3) is 0.333. The topological polar surface area (TPSA) is 67.9 Å². The maximum Gasteiger partial charge on any atom is 0.242 e. The second-order valence-electron chi connectivity index (χ2n) is 6.49. The molecule has 0 aliphatic heterocycles. The molecule has 0 spiro atoms. The molecule has 2 amide bonds. The van der Waals surface area contributed by atoms with Crippen LogP contribution in [0.2, 0.25) is 0 Å². The van der Waals surface area contributed by atoms with Gasteiger partial charge < -0.3 is 19.7 Å². The van der Waals surface area contributed by atoms with Crippen LogP contribution in [0.25, 0.3) is 0 Å². The third kappa shape index (κ3) is 3.60. The molecular formula is C21H24N2O4. The van der Waals surface area contributed by atoms with Crippen LogP contribution < -0.4 is 19.7 Å². The van der Waals surface area contributed by atoms with Crippen LogP contribution in [-0.2, 0) is 9.59 Å². The van der Waals surface area contributed by atoms with Gasteiger partial charge in [0.25, 0.3) is 0 Å². The summed E-state index contributed by atoms with van der Waals surface area (Å²) in [6, 6.07) is 14.6. The Morgan fingerprint density at radius 2 is 1.78 bits per heavy atom. The second-order valence-corrected chi connectivity index (χ2v) is 6.49. The van der Waals surface area contributed by atoms with E-state index < -0.39 is 5.41 Å². The van der Waals surface area contributed by atoms with Crippen LogP contribution in [0.4, 0.5) is 11.4 Å². The molecule has 2 aromatic carbocycles. The zero-order chi connectivity index (χ0) is 19.4. The number of anilines is 2. The monoisotopic (exact) mass is 368 g/mol. The molecule has 0 unspecified atom stereocenters. The molecule has 1 N–H and O–H groups in total. The van der Waals surface area contributed by atoms with Gasteiger partial charge in [-0.15, -0.1) is 0 Å². The van der Waals surface area contributed by atoms with Gasteiger partial charge in [-0.25, -0.2) is 0 Å². The Morgan fingerprint density at radius 3 is 2.33 bits per heavy atom. The Morgan fingerprint density at radius 1 is 1.07 bits per heavy atom. The Balaban J connectivity index is 1.83. The van der Waals surface area contributed by atoms with Crippen molar-refractivity contribution >= 4 is 23.2 Å².